The number of H-pyrrole nitrogens is 1. The Bertz CT molecular complexity index is 1650. The number of anilines is 3. The van der Waals surface area contributed by atoms with Crippen LogP contribution in [0.4, 0.5) is 21.9 Å². The number of urea groups is 1. The van der Waals surface area contributed by atoms with Gasteiger partial charge in [-0.2, -0.15) is 0 Å². The molecule has 1 aliphatic heterocycles. The first-order chi connectivity index (χ1) is 18.5. The van der Waals surface area contributed by atoms with Crippen LogP contribution < -0.4 is 15.5 Å². The summed E-state index contributed by atoms with van der Waals surface area (Å²) in [6.45, 7) is 0.469. The molecule has 0 fully saturated rings. The number of hydrogen-bond donors (Lipinski definition) is 4. The Morgan fingerprint density at radius 1 is 1.00 bits per heavy atom. The zero-order valence-electron chi connectivity index (χ0n) is 20.1. The molecule has 0 spiro atoms. The number of nitrogens with one attached hydrogen (secondary N) is 3. The largest absolute Gasteiger partial charge is 0.493 e. The highest BCUT2D eigenvalue weighted by molar-refractivity contribution is 8.00. The highest BCUT2D eigenvalue weighted by atomic mass is 32.2. The van der Waals surface area contributed by atoms with Crippen LogP contribution in [0.1, 0.15) is 5.56 Å². The number of nitrogens with zero attached hydrogens (tertiary/aromatic N) is 2. The van der Waals surface area contributed by atoms with Gasteiger partial charge in [-0.1, -0.05) is 36.4 Å². The molecule has 0 saturated heterocycles. The second-order valence-corrected chi connectivity index (χ2v) is 9.90. The molecule has 6 rings (SSSR count). The first kappa shape index (κ1) is 23.6. The fourth-order valence-electron chi connectivity index (χ4n) is 4.46. The summed E-state index contributed by atoms with van der Waals surface area (Å²) in [4.78, 5) is 35.6. The minimum atomic E-state index is -0.396. The van der Waals surface area contributed by atoms with Crippen molar-refractivity contribution in [3.8, 4) is 17.0 Å². The van der Waals surface area contributed by atoms with E-state index < -0.39 is 6.03 Å². The van der Waals surface area contributed by atoms with Crippen molar-refractivity contribution in [3.05, 3.63) is 96.8 Å². The van der Waals surface area contributed by atoms with Gasteiger partial charge in [0.25, 0.3) is 0 Å². The average Bonchev–Trinajstić information content (AvgIpc) is 3.33. The van der Waals surface area contributed by atoms with Crippen LogP contribution in [0, 0.1) is 0 Å². The van der Waals surface area contributed by atoms with Gasteiger partial charge in [-0.25, -0.2) is 9.78 Å². The SMILES string of the molecule is O=C(Nc1ccc2c(c1)N(Cc1ccccc1)C(=O)CS2)Nc1c[nH]c2ccc(-c3ccc(O)nc3)cc12. The number of amides is 3. The summed E-state index contributed by atoms with van der Waals surface area (Å²) >= 11 is 1.50. The van der Waals surface area contributed by atoms with Crippen LogP contribution >= 0.6 is 11.8 Å². The topological polar surface area (TPSA) is 110 Å². The van der Waals surface area contributed by atoms with Gasteiger partial charge in [0.05, 0.1) is 23.7 Å². The lowest BCUT2D eigenvalue weighted by atomic mass is 10.1. The lowest BCUT2D eigenvalue weighted by molar-refractivity contribution is -0.116. The van der Waals surface area contributed by atoms with Crippen molar-refractivity contribution in [3.63, 3.8) is 0 Å². The monoisotopic (exact) mass is 521 g/mol. The zero-order valence-corrected chi connectivity index (χ0v) is 21.0. The van der Waals surface area contributed by atoms with Crippen LogP contribution in [0.3, 0.4) is 0 Å². The smallest absolute Gasteiger partial charge is 0.323 e. The van der Waals surface area contributed by atoms with E-state index in [4.69, 9.17) is 0 Å². The number of carbonyl (C=O) groups is 2. The van der Waals surface area contributed by atoms with E-state index in [1.807, 2.05) is 66.7 Å². The molecule has 0 radical (unpaired) electrons. The first-order valence-corrected chi connectivity index (χ1v) is 13.0. The molecule has 3 aromatic carbocycles. The molecule has 1 aliphatic rings. The molecule has 0 aliphatic carbocycles. The number of carbonyl (C=O) groups excluding carboxylic acids is 2. The summed E-state index contributed by atoms with van der Waals surface area (Å²) in [5, 5.41) is 16.1. The van der Waals surface area contributed by atoms with E-state index in [1.54, 1.807) is 23.4 Å². The van der Waals surface area contributed by atoms with Gasteiger partial charge in [-0.3, -0.25) is 4.79 Å². The van der Waals surface area contributed by atoms with E-state index in [0.29, 0.717) is 23.7 Å². The number of aromatic hydroxyl groups is 1. The molecule has 5 aromatic rings. The van der Waals surface area contributed by atoms with Crippen LogP contribution in [-0.2, 0) is 11.3 Å². The zero-order chi connectivity index (χ0) is 26.1. The van der Waals surface area contributed by atoms with Crippen molar-refractivity contribution >= 4 is 51.7 Å². The Morgan fingerprint density at radius 3 is 2.66 bits per heavy atom. The van der Waals surface area contributed by atoms with Gasteiger partial charge in [0, 0.05) is 45.5 Å². The Hall–Kier alpha value is -4.76. The molecule has 3 heterocycles. The number of hydrogen-bond acceptors (Lipinski definition) is 5. The number of pyridine rings is 1. The van der Waals surface area contributed by atoms with Crippen LogP contribution in [0.2, 0.25) is 0 Å². The Labute approximate surface area is 222 Å². The third-order valence-corrected chi connectivity index (χ3v) is 7.40. The standard InChI is InChI=1S/C29H23N5O3S/c35-27-11-7-20(14-31-27)19-6-9-23-22(12-19)24(15-30-23)33-29(37)32-21-8-10-26-25(13-21)34(28(36)17-38-26)16-18-4-2-1-3-5-18/h1-15,30H,16-17H2,(H,31,35)(H2,32,33,37). The van der Waals surface area contributed by atoms with Crippen LogP contribution in [0.5, 0.6) is 5.88 Å². The summed E-state index contributed by atoms with van der Waals surface area (Å²) in [6, 6.07) is 24.2. The molecule has 3 amide bonds. The molecule has 8 nitrogen and oxygen atoms in total. The van der Waals surface area contributed by atoms with Crippen molar-refractivity contribution in [2.45, 2.75) is 11.4 Å². The molecule has 4 N–H and O–H groups in total. The highest BCUT2D eigenvalue weighted by Gasteiger charge is 2.25. The number of thioether (sulfide) groups is 1. The average molecular weight is 522 g/mol. The predicted molar refractivity (Wildman–Crippen MR) is 151 cm³/mol. The summed E-state index contributed by atoms with van der Waals surface area (Å²) in [6.07, 6.45) is 3.34. The number of aromatic nitrogens is 2. The van der Waals surface area contributed by atoms with Gasteiger partial charge >= 0.3 is 6.03 Å². The molecule has 9 heteroatoms. The maximum atomic E-state index is 13.0. The third kappa shape index (κ3) is 4.79. The van der Waals surface area contributed by atoms with E-state index in [-0.39, 0.29) is 11.8 Å². The fourth-order valence-corrected chi connectivity index (χ4v) is 5.38. The number of rotatable bonds is 5. The third-order valence-electron chi connectivity index (χ3n) is 6.35. The first-order valence-electron chi connectivity index (χ1n) is 12.0. The van der Waals surface area contributed by atoms with Crippen molar-refractivity contribution < 1.29 is 14.7 Å². The van der Waals surface area contributed by atoms with Gasteiger partial charge in [0.15, 0.2) is 0 Å². The van der Waals surface area contributed by atoms with Gasteiger partial charge in [0.1, 0.15) is 0 Å². The summed E-state index contributed by atoms with van der Waals surface area (Å²) in [5.74, 6) is 0.380. The molecule has 2 aromatic heterocycles. The summed E-state index contributed by atoms with van der Waals surface area (Å²) in [5.41, 5.74) is 5.66. The maximum Gasteiger partial charge on any atom is 0.323 e. The highest BCUT2D eigenvalue weighted by Crippen LogP contribution is 2.38. The molecular formula is C29H23N5O3S. The van der Waals surface area contributed by atoms with Gasteiger partial charge in [-0.05, 0) is 47.5 Å². The van der Waals surface area contributed by atoms with Crippen LogP contribution in [-0.4, -0.2) is 32.8 Å². The predicted octanol–water partition coefficient (Wildman–Crippen LogP) is 6.22. The molecule has 0 atom stereocenters. The van der Waals surface area contributed by atoms with Crippen LogP contribution in [0.25, 0.3) is 22.0 Å². The molecule has 188 valence electrons. The second kappa shape index (κ2) is 9.95. The van der Waals surface area contributed by atoms with Gasteiger partial charge in [0.2, 0.25) is 11.8 Å². The second-order valence-electron chi connectivity index (χ2n) is 8.88. The van der Waals surface area contributed by atoms with Crippen molar-refractivity contribution in [2.75, 3.05) is 21.3 Å². The van der Waals surface area contributed by atoms with Crippen molar-refractivity contribution in [1.82, 2.24) is 9.97 Å². The Kier molecular flexibility index (Phi) is 6.19. The number of benzene rings is 3. The van der Waals surface area contributed by atoms with E-state index in [9.17, 15) is 14.7 Å². The normalized spacial score (nSPS) is 12.8. The van der Waals surface area contributed by atoms with Crippen LogP contribution in [0.15, 0.2) is 96.2 Å². The van der Waals surface area contributed by atoms with Crippen molar-refractivity contribution in [1.29, 1.82) is 0 Å². The number of fused-ring (bicyclic) bond motifs is 2. The molecule has 0 saturated carbocycles. The van der Waals surface area contributed by atoms with E-state index in [2.05, 4.69) is 20.6 Å². The van der Waals surface area contributed by atoms with E-state index >= 15 is 0 Å². The van der Waals surface area contributed by atoms with Gasteiger partial charge < -0.3 is 25.6 Å². The number of aromatic amines is 1. The van der Waals surface area contributed by atoms with E-state index in [1.165, 1.54) is 17.8 Å². The molecule has 0 unspecified atom stereocenters. The fraction of sp³-hybridized carbons (Fsp3) is 0.0690. The quantitative estimate of drug-likeness (QED) is 0.220. The minimum absolute atomic E-state index is 0.0337. The molecule has 0 bridgehead atoms. The van der Waals surface area contributed by atoms with Gasteiger partial charge in [-0.15, -0.1) is 11.8 Å². The lowest BCUT2D eigenvalue weighted by Gasteiger charge is -2.29. The minimum Gasteiger partial charge on any atom is -0.493 e. The van der Waals surface area contributed by atoms with Crippen molar-refractivity contribution in [2.24, 2.45) is 0 Å². The van der Waals surface area contributed by atoms with E-state index in [0.717, 1.165) is 38.2 Å². The maximum absolute atomic E-state index is 13.0. The molecule has 38 heavy (non-hydrogen) atoms. The lowest BCUT2D eigenvalue weighted by Crippen LogP contribution is -2.34. The summed E-state index contributed by atoms with van der Waals surface area (Å²) < 4.78 is 0. The Morgan fingerprint density at radius 2 is 1.84 bits per heavy atom. The summed E-state index contributed by atoms with van der Waals surface area (Å²) in [7, 11) is 0. The Balaban J connectivity index is 1.21. The molecular weight excluding hydrogens is 498 g/mol.